The maximum Gasteiger partial charge on any atom is 0.272 e. The van der Waals surface area contributed by atoms with E-state index < -0.39 is 11.7 Å². The van der Waals surface area contributed by atoms with E-state index >= 15 is 0 Å². The Bertz CT molecular complexity index is 839. The molecule has 21 heavy (non-hydrogen) atoms. The van der Waals surface area contributed by atoms with Crippen LogP contribution in [0, 0.1) is 12.7 Å². The van der Waals surface area contributed by atoms with Crippen LogP contribution in [0.15, 0.2) is 42.5 Å². The summed E-state index contributed by atoms with van der Waals surface area (Å²) >= 11 is 0. The van der Waals surface area contributed by atoms with Gasteiger partial charge >= 0.3 is 0 Å². The number of H-pyrrole nitrogens is 1. The molecule has 106 valence electrons. The van der Waals surface area contributed by atoms with Crippen molar-refractivity contribution in [3.63, 3.8) is 0 Å². The van der Waals surface area contributed by atoms with Crippen LogP contribution in [-0.4, -0.2) is 10.9 Å². The minimum atomic E-state index is -0.464. The Balaban J connectivity index is 1.91. The summed E-state index contributed by atoms with van der Waals surface area (Å²) in [5.41, 5.74) is 8.53. The van der Waals surface area contributed by atoms with Crippen molar-refractivity contribution < 1.29 is 9.18 Å². The fourth-order valence-electron chi connectivity index (χ4n) is 2.20. The molecule has 0 aliphatic carbocycles. The van der Waals surface area contributed by atoms with Gasteiger partial charge in [0.15, 0.2) is 0 Å². The van der Waals surface area contributed by atoms with E-state index in [1.807, 2.05) is 6.92 Å². The third-order valence-electron chi connectivity index (χ3n) is 3.26. The Morgan fingerprint density at radius 3 is 2.81 bits per heavy atom. The first kappa shape index (κ1) is 13.2. The highest BCUT2D eigenvalue weighted by molar-refractivity contribution is 6.06. The second-order valence-corrected chi connectivity index (χ2v) is 4.97. The summed E-state index contributed by atoms with van der Waals surface area (Å²) < 4.78 is 13.7. The van der Waals surface area contributed by atoms with Crippen LogP contribution in [0.25, 0.3) is 10.9 Å². The van der Waals surface area contributed by atoms with Gasteiger partial charge in [-0.1, -0.05) is 6.07 Å². The number of amides is 1. The zero-order chi connectivity index (χ0) is 15.0. The summed E-state index contributed by atoms with van der Waals surface area (Å²) in [6, 6.07) is 11.6. The van der Waals surface area contributed by atoms with Crippen molar-refractivity contribution >= 4 is 28.2 Å². The minimum absolute atomic E-state index is 0.165. The number of benzene rings is 2. The molecule has 0 atom stereocenters. The van der Waals surface area contributed by atoms with Crippen molar-refractivity contribution in [1.29, 1.82) is 0 Å². The van der Waals surface area contributed by atoms with Gasteiger partial charge in [0.25, 0.3) is 5.91 Å². The molecular weight excluding hydrogens is 269 g/mol. The number of anilines is 2. The molecule has 5 heteroatoms. The molecule has 0 unspecified atom stereocenters. The first-order chi connectivity index (χ1) is 10.0. The molecule has 2 aromatic carbocycles. The number of hydrogen-bond donors (Lipinski definition) is 3. The molecule has 1 heterocycles. The lowest BCUT2D eigenvalue weighted by Crippen LogP contribution is -2.13. The Kier molecular flexibility index (Phi) is 3.10. The van der Waals surface area contributed by atoms with Gasteiger partial charge < -0.3 is 16.0 Å². The van der Waals surface area contributed by atoms with E-state index in [0.717, 1.165) is 16.5 Å². The van der Waals surface area contributed by atoms with Crippen molar-refractivity contribution in [2.45, 2.75) is 6.92 Å². The van der Waals surface area contributed by atoms with E-state index in [1.165, 1.54) is 6.07 Å². The quantitative estimate of drug-likeness (QED) is 0.630. The van der Waals surface area contributed by atoms with Gasteiger partial charge in [-0.25, -0.2) is 4.39 Å². The van der Waals surface area contributed by atoms with Crippen molar-refractivity contribution in [3.8, 4) is 0 Å². The van der Waals surface area contributed by atoms with E-state index in [4.69, 9.17) is 5.73 Å². The number of carbonyl (C=O) groups excluding carboxylic acids is 1. The zero-order valence-electron chi connectivity index (χ0n) is 11.4. The van der Waals surface area contributed by atoms with Gasteiger partial charge in [-0.2, -0.15) is 0 Å². The highest BCUT2D eigenvalue weighted by atomic mass is 19.1. The predicted octanol–water partition coefficient (Wildman–Crippen LogP) is 3.45. The van der Waals surface area contributed by atoms with Crippen LogP contribution in [0.1, 0.15) is 16.1 Å². The number of fused-ring (bicyclic) bond motifs is 1. The van der Waals surface area contributed by atoms with Crippen molar-refractivity contribution in [2.75, 3.05) is 11.1 Å². The number of aromatic amines is 1. The lowest BCUT2D eigenvalue weighted by atomic mass is 10.2. The maximum atomic E-state index is 13.7. The molecule has 1 aromatic heterocycles. The number of nitrogen functional groups attached to an aromatic ring is 1. The summed E-state index contributed by atoms with van der Waals surface area (Å²) in [4.78, 5) is 15.2. The number of nitrogens with one attached hydrogen (secondary N) is 2. The number of nitrogens with two attached hydrogens (primary N) is 1. The molecule has 3 aromatic rings. The van der Waals surface area contributed by atoms with Crippen LogP contribution >= 0.6 is 0 Å². The topological polar surface area (TPSA) is 70.9 Å². The van der Waals surface area contributed by atoms with Crippen LogP contribution in [0.4, 0.5) is 15.8 Å². The first-order valence-corrected chi connectivity index (χ1v) is 6.49. The van der Waals surface area contributed by atoms with E-state index in [9.17, 15) is 9.18 Å². The Labute approximate surface area is 120 Å². The van der Waals surface area contributed by atoms with Gasteiger partial charge in [0, 0.05) is 16.6 Å². The van der Waals surface area contributed by atoms with Gasteiger partial charge in [0.2, 0.25) is 0 Å². The number of halogens is 1. The van der Waals surface area contributed by atoms with Crippen molar-refractivity contribution in [1.82, 2.24) is 4.98 Å². The van der Waals surface area contributed by atoms with Gasteiger partial charge in [-0.05, 0) is 48.9 Å². The van der Waals surface area contributed by atoms with Gasteiger partial charge in [-0.15, -0.1) is 0 Å². The molecule has 0 fully saturated rings. The molecule has 0 aliphatic rings. The third kappa shape index (κ3) is 2.58. The van der Waals surface area contributed by atoms with E-state index in [2.05, 4.69) is 10.3 Å². The SMILES string of the molecule is Cc1ccc(F)c(NC(=O)c2cc3cc(N)ccc3[nH]2)c1. The molecule has 3 rings (SSSR count). The van der Waals surface area contributed by atoms with Crippen LogP contribution < -0.4 is 11.1 Å². The van der Waals surface area contributed by atoms with Gasteiger partial charge in [0.05, 0.1) is 5.69 Å². The molecule has 1 amide bonds. The van der Waals surface area contributed by atoms with E-state index in [1.54, 1.807) is 36.4 Å². The molecule has 0 bridgehead atoms. The minimum Gasteiger partial charge on any atom is -0.399 e. The normalized spacial score (nSPS) is 10.8. The second-order valence-electron chi connectivity index (χ2n) is 4.97. The molecular formula is C16H14FN3O. The Morgan fingerprint density at radius 1 is 1.19 bits per heavy atom. The van der Waals surface area contributed by atoms with Gasteiger partial charge in [0.1, 0.15) is 11.5 Å². The third-order valence-corrected chi connectivity index (χ3v) is 3.26. The highest BCUT2D eigenvalue weighted by Crippen LogP contribution is 2.20. The fourth-order valence-corrected chi connectivity index (χ4v) is 2.20. The van der Waals surface area contributed by atoms with E-state index in [-0.39, 0.29) is 5.69 Å². The monoisotopic (exact) mass is 283 g/mol. The lowest BCUT2D eigenvalue weighted by molar-refractivity contribution is 0.102. The summed E-state index contributed by atoms with van der Waals surface area (Å²) in [5, 5.41) is 3.40. The van der Waals surface area contributed by atoms with Crippen molar-refractivity contribution in [2.24, 2.45) is 0 Å². The van der Waals surface area contributed by atoms with Crippen LogP contribution in [0.5, 0.6) is 0 Å². The largest absolute Gasteiger partial charge is 0.399 e. The maximum absolute atomic E-state index is 13.7. The summed E-state index contributed by atoms with van der Waals surface area (Å²) in [5.74, 6) is -0.858. The summed E-state index contributed by atoms with van der Waals surface area (Å²) in [6.45, 7) is 1.83. The number of aromatic nitrogens is 1. The number of hydrogen-bond acceptors (Lipinski definition) is 2. The van der Waals surface area contributed by atoms with E-state index in [0.29, 0.717) is 11.4 Å². The average Bonchev–Trinajstić information content (AvgIpc) is 2.86. The molecule has 0 saturated carbocycles. The summed E-state index contributed by atoms with van der Waals surface area (Å²) in [6.07, 6.45) is 0. The lowest BCUT2D eigenvalue weighted by Gasteiger charge is -2.06. The molecule has 4 N–H and O–H groups in total. The Morgan fingerprint density at radius 2 is 2.00 bits per heavy atom. The molecule has 0 radical (unpaired) electrons. The molecule has 4 nitrogen and oxygen atoms in total. The van der Waals surface area contributed by atoms with Crippen LogP contribution in [-0.2, 0) is 0 Å². The molecule has 0 saturated heterocycles. The highest BCUT2D eigenvalue weighted by Gasteiger charge is 2.12. The average molecular weight is 283 g/mol. The van der Waals surface area contributed by atoms with Gasteiger partial charge in [-0.3, -0.25) is 4.79 Å². The second kappa shape index (κ2) is 4.94. The van der Waals surface area contributed by atoms with Crippen molar-refractivity contribution in [3.05, 3.63) is 59.5 Å². The predicted molar refractivity (Wildman–Crippen MR) is 81.8 cm³/mol. The standard InChI is InChI=1S/C16H14FN3O/c1-9-2-4-12(17)14(6-9)20-16(21)15-8-10-7-11(18)3-5-13(10)19-15/h2-8,19H,18H2,1H3,(H,20,21). The molecule has 0 aliphatic heterocycles. The number of aryl methyl sites for hydroxylation is 1. The number of carbonyl (C=O) groups is 1. The number of rotatable bonds is 2. The Hall–Kier alpha value is -2.82. The fraction of sp³-hybridized carbons (Fsp3) is 0.0625. The molecule has 0 spiro atoms. The van der Waals surface area contributed by atoms with Crippen LogP contribution in [0.2, 0.25) is 0 Å². The zero-order valence-corrected chi connectivity index (χ0v) is 11.4. The first-order valence-electron chi connectivity index (χ1n) is 6.49. The summed E-state index contributed by atoms with van der Waals surface area (Å²) in [7, 11) is 0. The smallest absolute Gasteiger partial charge is 0.272 e. The van der Waals surface area contributed by atoms with Crippen LogP contribution in [0.3, 0.4) is 0 Å².